The SMILES string of the molecule is CCC(c1ccccc1)(c1ccccc1)C(CO)N1CCCC1. The summed E-state index contributed by atoms with van der Waals surface area (Å²) in [6.07, 6.45) is 3.45. The van der Waals surface area contributed by atoms with Crippen LogP contribution >= 0.6 is 0 Å². The number of likely N-dealkylation sites (tertiary alicyclic amines) is 1. The van der Waals surface area contributed by atoms with E-state index in [4.69, 9.17) is 0 Å². The zero-order chi connectivity index (χ0) is 16.1. The molecule has 0 bridgehead atoms. The Labute approximate surface area is 139 Å². The van der Waals surface area contributed by atoms with Crippen molar-refractivity contribution in [3.8, 4) is 0 Å². The van der Waals surface area contributed by atoms with Crippen LogP contribution in [0.3, 0.4) is 0 Å². The Bertz CT molecular complexity index is 550. The molecule has 0 radical (unpaired) electrons. The number of aliphatic hydroxyl groups is 1. The molecule has 1 aliphatic rings. The van der Waals surface area contributed by atoms with Gasteiger partial charge in [-0.25, -0.2) is 0 Å². The minimum absolute atomic E-state index is 0.125. The van der Waals surface area contributed by atoms with Crippen LogP contribution in [0.4, 0.5) is 0 Å². The number of benzene rings is 2. The van der Waals surface area contributed by atoms with Gasteiger partial charge in [-0.15, -0.1) is 0 Å². The number of hydrogen-bond donors (Lipinski definition) is 1. The molecule has 2 aromatic carbocycles. The summed E-state index contributed by atoms with van der Waals surface area (Å²) in [5.74, 6) is 0. The normalized spacial score (nSPS) is 17.3. The first-order valence-corrected chi connectivity index (χ1v) is 8.79. The summed E-state index contributed by atoms with van der Waals surface area (Å²) in [4.78, 5) is 2.49. The lowest BCUT2D eigenvalue weighted by atomic mass is 9.67. The highest BCUT2D eigenvalue weighted by Crippen LogP contribution is 2.41. The van der Waals surface area contributed by atoms with E-state index in [1.807, 2.05) is 0 Å². The molecule has 1 N–H and O–H groups in total. The summed E-state index contributed by atoms with van der Waals surface area (Å²) in [5, 5.41) is 10.3. The molecule has 2 aromatic rings. The van der Waals surface area contributed by atoms with Crippen LogP contribution in [0.15, 0.2) is 60.7 Å². The fourth-order valence-electron chi connectivity index (χ4n) is 4.30. The molecule has 0 spiro atoms. The summed E-state index contributed by atoms with van der Waals surface area (Å²) >= 11 is 0. The van der Waals surface area contributed by atoms with Crippen LogP contribution < -0.4 is 0 Å². The highest BCUT2D eigenvalue weighted by atomic mass is 16.3. The van der Waals surface area contributed by atoms with Gasteiger partial charge in [0.25, 0.3) is 0 Å². The molecule has 1 aliphatic heterocycles. The topological polar surface area (TPSA) is 23.5 Å². The van der Waals surface area contributed by atoms with Gasteiger partial charge in [-0.2, -0.15) is 0 Å². The van der Waals surface area contributed by atoms with E-state index >= 15 is 0 Å². The Morgan fingerprint density at radius 2 is 1.39 bits per heavy atom. The molecule has 2 heteroatoms. The van der Waals surface area contributed by atoms with E-state index in [-0.39, 0.29) is 18.1 Å². The lowest BCUT2D eigenvalue weighted by molar-refractivity contribution is 0.0923. The Morgan fingerprint density at radius 1 is 0.913 bits per heavy atom. The van der Waals surface area contributed by atoms with Crippen molar-refractivity contribution in [1.29, 1.82) is 0 Å². The molecule has 0 amide bonds. The van der Waals surface area contributed by atoms with Gasteiger partial charge in [0, 0.05) is 11.5 Å². The maximum absolute atomic E-state index is 10.3. The van der Waals surface area contributed by atoms with Gasteiger partial charge < -0.3 is 5.11 Å². The quantitative estimate of drug-likeness (QED) is 0.876. The third kappa shape index (κ3) is 2.93. The molecule has 0 aromatic heterocycles. The third-order valence-corrected chi connectivity index (χ3v) is 5.46. The van der Waals surface area contributed by atoms with Gasteiger partial charge in [0.1, 0.15) is 0 Å². The number of aliphatic hydroxyl groups excluding tert-OH is 1. The van der Waals surface area contributed by atoms with E-state index in [0.717, 1.165) is 19.5 Å². The first-order valence-electron chi connectivity index (χ1n) is 8.79. The Morgan fingerprint density at radius 3 is 1.78 bits per heavy atom. The van der Waals surface area contributed by atoms with Gasteiger partial charge >= 0.3 is 0 Å². The van der Waals surface area contributed by atoms with Crippen LogP contribution in [0.1, 0.15) is 37.3 Å². The molecule has 0 saturated carbocycles. The van der Waals surface area contributed by atoms with Crippen LogP contribution in [0.5, 0.6) is 0 Å². The first-order chi connectivity index (χ1) is 11.3. The maximum Gasteiger partial charge on any atom is 0.0598 e. The second kappa shape index (κ2) is 7.29. The lowest BCUT2D eigenvalue weighted by Gasteiger charge is -2.45. The summed E-state index contributed by atoms with van der Waals surface area (Å²) in [5.41, 5.74) is 2.45. The van der Waals surface area contributed by atoms with Gasteiger partial charge in [0.05, 0.1) is 6.61 Å². The molecule has 23 heavy (non-hydrogen) atoms. The van der Waals surface area contributed by atoms with Crippen molar-refractivity contribution in [1.82, 2.24) is 4.90 Å². The van der Waals surface area contributed by atoms with Crippen molar-refractivity contribution >= 4 is 0 Å². The number of rotatable bonds is 6. The standard InChI is InChI=1S/C21H27NO/c1-2-21(18-11-5-3-6-12-18,19-13-7-4-8-14-19)20(17-23)22-15-9-10-16-22/h3-8,11-14,20,23H,2,9-10,15-17H2,1H3. The highest BCUT2D eigenvalue weighted by molar-refractivity contribution is 5.41. The molecule has 1 atom stereocenters. The second-order valence-corrected chi connectivity index (χ2v) is 6.50. The van der Waals surface area contributed by atoms with Crippen molar-refractivity contribution in [2.24, 2.45) is 0 Å². The van der Waals surface area contributed by atoms with E-state index < -0.39 is 0 Å². The average molecular weight is 309 g/mol. The smallest absolute Gasteiger partial charge is 0.0598 e. The van der Waals surface area contributed by atoms with Gasteiger partial charge in [-0.1, -0.05) is 67.6 Å². The van der Waals surface area contributed by atoms with E-state index in [0.29, 0.717) is 0 Å². The lowest BCUT2D eigenvalue weighted by Crippen LogP contribution is -2.52. The van der Waals surface area contributed by atoms with Crippen molar-refractivity contribution in [2.45, 2.75) is 37.6 Å². The molecular formula is C21H27NO. The maximum atomic E-state index is 10.3. The molecule has 3 rings (SSSR count). The first kappa shape index (κ1) is 16.2. The molecule has 122 valence electrons. The Balaban J connectivity index is 2.15. The predicted octanol–water partition coefficient (Wildman–Crippen LogP) is 3.84. The molecule has 1 saturated heterocycles. The molecule has 1 heterocycles. The fourth-order valence-corrected chi connectivity index (χ4v) is 4.30. The van der Waals surface area contributed by atoms with Crippen molar-refractivity contribution in [3.05, 3.63) is 71.8 Å². The van der Waals surface area contributed by atoms with Crippen molar-refractivity contribution in [2.75, 3.05) is 19.7 Å². The minimum atomic E-state index is -0.165. The summed E-state index contributed by atoms with van der Waals surface area (Å²) in [6, 6.07) is 21.6. The molecule has 1 unspecified atom stereocenters. The van der Waals surface area contributed by atoms with Crippen LogP contribution in [-0.4, -0.2) is 35.7 Å². The fraction of sp³-hybridized carbons (Fsp3) is 0.429. The highest BCUT2D eigenvalue weighted by Gasteiger charge is 2.43. The van der Waals surface area contributed by atoms with Crippen LogP contribution in [0.2, 0.25) is 0 Å². The van der Waals surface area contributed by atoms with E-state index in [1.165, 1.54) is 24.0 Å². The average Bonchev–Trinajstić information content (AvgIpc) is 3.15. The third-order valence-electron chi connectivity index (χ3n) is 5.46. The van der Waals surface area contributed by atoms with Crippen LogP contribution in [-0.2, 0) is 5.41 Å². The Hall–Kier alpha value is -1.64. The monoisotopic (exact) mass is 309 g/mol. The van der Waals surface area contributed by atoms with Gasteiger partial charge in [-0.05, 0) is 43.5 Å². The van der Waals surface area contributed by atoms with Crippen molar-refractivity contribution in [3.63, 3.8) is 0 Å². The van der Waals surface area contributed by atoms with Crippen LogP contribution in [0.25, 0.3) is 0 Å². The zero-order valence-corrected chi connectivity index (χ0v) is 14.0. The molecule has 2 nitrogen and oxygen atoms in total. The zero-order valence-electron chi connectivity index (χ0n) is 14.0. The van der Waals surface area contributed by atoms with Crippen LogP contribution in [0, 0.1) is 0 Å². The summed E-state index contributed by atoms with van der Waals surface area (Å²) in [6.45, 7) is 4.62. The number of nitrogens with zero attached hydrogens (tertiary/aromatic N) is 1. The van der Waals surface area contributed by atoms with E-state index in [1.54, 1.807) is 0 Å². The number of hydrogen-bond acceptors (Lipinski definition) is 2. The Kier molecular flexibility index (Phi) is 5.14. The molecular weight excluding hydrogens is 282 g/mol. The minimum Gasteiger partial charge on any atom is -0.395 e. The van der Waals surface area contributed by atoms with Gasteiger partial charge in [0.15, 0.2) is 0 Å². The second-order valence-electron chi connectivity index (χ2n) is 6.50. The molecule has 0 aliphatic carbocycles. The van der Waals surface area contributed by atoms with Gasteiger partial charge in [0.2, 0.25) is 0 Å². The summed E-state index contributed by atoms with van der Waals surface area (Å²) < 4.78 is 0. The van der Waals surface area contributed by atoms with E-state index in [9.17, 15) is 5.11 Å². The molecule has 1 fully saturated rings. The van der Waals surface area contributed by atoms with Gasteiger partial charge in [-0.3, -0.25) is 4.90 Å². The largest absolute Gasteiger partial charge is 0.395 e. The predicted molar refractivity (Wildman–Crippen MR) is 95.6 cm³/mol. The van der Waals surface area contributed by atoms with E-state index in [2.05, 4.69) is 72.5 Å². The summed E-state index contributed by atoms with van der Waals surface area (Å²) in [7, 11) is 0. The van der Waals surface area contributed by atoms with Crippen molar-refractivity contribution < 1.29 is 5.11 Å².